The lowest BCUT2D eigenvalue weighted by atomic mass is 10.3. The first-order valence-corrected chi connectivity index (χ1v) is 7.69. The molecule has 0 aliphatic rings. The molecule has 7 nitrogen and oxygen atoms in total. The topological polar surface area (TPSA) is 96.7 Å². The molecule has 3 aromatic rings. The maximum Gasteiger partial charge on any atom is 0.248 e. The van der Waals surface area contributed by atoms with Crippen LogP contribution in [0.2, 0.25) is 5.02 Å². The molecule has 0 bridgehead atoms. The van der Waals surface area contributed by atoms with E-state index in [2.05, 4.69) is 25.4 Å². The number of fused-ring (bicyclic) bond motifs is 1. The number of aromatic nitrogens is 4. The van der Waals surface area contributed by atoms with Crippen LogP contribution in [0.3, 0.4) is 0 Å². The van der Waals surface area contributed by atoms with Gasteiger partial charge in [0, 0.05) is 11.4 Å². The fourth-order valence-corrected chi connectivity index (χ4v) is 2.38. The van der Waals surface area contributed by atoms with Gasteiger partial charge >= 0.3 is 0 Å². The Hall–Kier alpha value is -2.41. The molecule has 0 aliphatic carbocycles. The molecule has 0 aliphatic heterocycles. The number of nitrogens with zero attached hydrogens (tertiary/aromatic N) is 3. The molecule has 2 N–H and O–H groups in total. The number of amides is 1. The van der Waals surface area contributed by atoms with Crippen molar-refractivity contribution >= 4 is 28.5 Å². The Balaban J connectivity index is 1.65. The average Bonchev–Trinajstić information content (AvgIpc) is 3.12. The molecule has 1 aromatic carbocycles. The standard InChI is InChI=1S/C15H16ClN5O2/c1-3-12-20-15(23-21-12)8(2)17-14(22)7-13-18-10-5-4-9(16)6-11(10)19-13/h4-6,8H,3,7H2,1-2H3,(H,17,22)(H,18,19)/t8-/m0/s1. The van der Waals surface area contributed by atoms with Gasteiger partial charge in [-0.3, -0.25) is 4.79 Å². The summed E-state index contributed by atoms with van der Waals surface area (Å²) in [6.07, 6.45) is 0.817. The summed E-state index contributed by atoms with van der Waals surface area (Å²) in [6, 6.07) is 4.99. The van der Waals surface area contributed by atoms with Crippen LogP contribution in [0, 0.1) is 0 Å². The number of rotatable bonds is 5. The van der Waals surface area contributed by atoms with E-state index in [-0.39, 0.29) is 18.4 Å². The van der Waals surface area contributed by atoms with Gasteiger partial charge in [-0.05, 0) is 25.1 Å². The Bertz CT molecular complexity index is 841. The predicted molar refractivity (Wildman–Crippen MR) is 85.0 cm³/mol. The Morgan fingerprint density at radius 3 is 3.00 bits per heavy atom. The van der Waals surface area contributed by atoms with Gasteiger partial charge < -0.3 is 14.8 Å². The van der Waals surface area contributed by atoms with E-state index in [0.717, 1.165) is 11.0 Å². The van der Waals surface area contributed by atoms with Gasteiger partial charge in [0.25, 0.3) is 0 Å². The molecule has 2 aromatic heterocycles. The van der Waals surface area contributed by atoms with Crippen molar-refractivity contribution in [2.24, 2.45) is 0 Å². The van der Waals surface area contributed by atoms with E-state index >= 15 is 0 Å². The molecular weight excluding hydrogens is 318 g/mol. The van der Waals surface area contributed by atoms with Gasteiger partial charge in [0.1, 0.15) is 11.9 Å². The molecule has 23 heavy (non-hydrogen) atoms. The number of imidazole rings is 1. The number of halogens is 1. The number of benzene rings is 1. The second-order valence-corrected chi connectivity index (χ2v) is 5.65. The number of aromatic amines is 1. The molecule has 1 amide bonds. The molecule has 0 saturated heterocycles. The van der Waals surface area contributed by atoms with Crippen LogP contribution in [0.4, 0.5) is 0 Å². The number of hydrogen-bond donors (Lipinski definition) is 2. The van der Waals surface area contributed by atoms with E-state index in [1.165, 1.54) is 0 Å². The normalized spacial score (nSPS) is 12.5. The smallest absolute Gasteiger partial charge is 0.248 e. The fourth-order valence-electron chi connectivity index (χ4n) is 2.21. The zero-order valence-corrected chi connectivity index (χ0v) is 13.5. The van der Waals surface area contributed by atoms with Crippen molar-refractivity contribution in [2.75, 3.05) is 0 Å². The molecule has 0 spiro atoms. The van der Waals surface area contributed by atoms with Crippen LogP contribution in [-0.4, -0.2) is 26.0 Å². The van der Waals surface area contributed by atoms with Crippen LogP contribution in [0.25, 0.3) is 11.0 Å². The van der Waals surface area contributed by atoms with Crippen LogP contribution >= 0.6 is 11.6 Å². The van der Waals surface area contributed by atoms with Crippen LogP contribution in [-0.2, 0) is 17.6 Å². The quantitative estimate of drug-likeness (QED) is 0.748. The molecule has 0 radical (unpaired) electrons. The predicted octanol–water partition coefficient (Wildman–Crippen LogP) is 2.58. The molecular formula is C15H16ClN5O2. The minimum absolute atomic E-state index is 0.130. The number of aryl methyl sites for hydroxylation is 1. The maximum atomic E-state index is 12.1. The highest BCUT2D eigenvalue weighted by atomic mass is 35.5. The lowest BCUT2D eigenvalue weighted by Crippen LogP contribution is -2.28. The lowest BCUT2D eigenvalue weighted by Gasteiger charge is -2.08. The summed E-state index contributed by atoms with van der Waals surface area (Å²) in [5.74, 6) is 1.41. The summed E-state index contributed by atoms with van der Waals surface area (Å²) in [7, 11) is 0. The van der Waals surface area contributed by atoms with Crippen molar-refractivity contribution in [3.63, 3.8) is 0 Å². The molecule has 3 rings (SSSR count). The van der Waals surface area contributed by atoms with Crippen molar-refractivity contribution in [2.45, 2.75) is 32.7 Å². The van der Waals surface area contributed by atoms with Gasteiger partial charge in [-0.2, -0.15) is 4.98 Å². The van der Waals surface area contributed by atoms with Crippen molar-refractivity contribution in [1.29, 1.82) is 0 Å². The van der Waals surface area contributed by atoms with E-state index in [1.54, 1.807) is 19.1 Å². The van der Waals surface area contributed by atoms with Gasteiger partial charge in [0.15, 0.2) is 5.82 Å². The Morgan fingerprint density at radius 2 is 2.26 bits per heavy atom. The Morgan fingerprint density at radius 1 is 1.43 bits per heavy atom. The maximum absolute atomic E-state index is 12.1. The first-order chi connectivity index (χ1) is 11.0. The van der Waals surface area contributed by atoms with E-state index in [0.29, 0.717) is 29.0 Å². The zero-order valence-electron chi connectivity index (χ0n) is 12.8. The van der Waals surface area contributed by atoms with Crippen molar-refractivity contribution in [3.8, 4) is 0 Å². The van der Waals surface area contributed by atoms with Gasteiger partial charge in [-0.25, -0.2) is 4.98 Å². The van der Waals surface area contributed by atoms with Crippen LogP contribution in [0.15, 0.2) is 22.7 Å². The van der Waals surface area contributed by atoms with E-state index in [9.17, 15) is 4.79 Å². The second kappa shape index (κ2) is 6.37. The molecule has 0 saturated carbocycles. The number of carbonyl (C=O) groups is 1. The number of nitrogens with one attached hydrogen (secondary N) is 2. The molecule has 0 unspecified atom stereocenters. The van der Waals surface area contributed by atoms with E-state index in [4.69, 9.17) is 16.1 Å². The monoisotopic (exact) mass is 333 g/mol. The van der Waals surface area contributed by atoms with Crippen LogP contribution in [0.1, 0.15) is 37.4 Å². The van der Waals surface area contributed by atoms with E-state index < -0.39 is 0 Å². The largest absolute Gasteiger partial charge is 0.344 e. The Kier molecular flexibility index (Phi) is 4.29. The number of hydrogen-bond acceptors (Lipinski definition) is 5. The Labute approximate surface area is 137 Å². The molecule has 1 atom stereocenters. The van der Waals surface area contributed by atoms with Gasteiger partial charge in [0.05, 0.1) is 17.5 Å². The molecule has 2 heterocycles. The summed E-state index contributed by atoms with van der Waals surface area (Å²) >= 11 is 5.93. The summed E-state index contributed by atoms with van der Waals surface area (Å²) < 4.78 is 5.12. The summed E-state index contributed by atoms with van der Waals surface area (Å²) in [5.41, 5.74) is 1.58. The third-order valence-electron chi connectivity index (χ3n) is 3.37. The zero-order chi connectivity index (χ0) is 16.4. The molecule has 0 fully saturated rings. The minimum Gasteiger partial charge on any atom is -0.344 e. The summed E-state index contributed by atoms with van der Waals surface area (Å²) in [6.45, 7) is 3.73. The highest BCUT2D eigenvalue weighted by Gasteiger charge is 2.17. The average molecular weight is 334 g/mol. The van der Waals surface area contributed by atoms with Crippen molar-refractivity contribution in [3.05, 3.63) is 40.8 Å². The van der Waals surface area contributed by atoms with Crippen LogP contribution in [0.5, 0.6) is 0 Å². The van der Waals surface area contributed by atoms with Crippen molar-refractivity contribution in [1.82, 2.24) is 25.4 Å². The van der Waals surface area contributed by atoms with Gasteiger partial charge in [-0.15, -0.1) is 0 Å². The summed E-state index contributed by atoms with van der Waals surface area (Å²) in [4.78, 5) is 23.8. The first kappa shape index (κ1) is 15.5. The number of carbonyl (C=O) groups excluding carboxylic acids is 1. The summed E-state index contributed by atoms with van der Waals surface area (Å²) in [5, 5.41) is 7.25. The molecule has 120 valence electrons. The highest BCUT2D eigenvalue weighted by Crippen LogP contribution is 2.17. The highest BCUT2D eigenvalue weighted by molar-refractivity contribution is 6.31. The van der Waals surface area contributed by atoms with Crippen LogP contribution < -0.4 is 5.32 Å². The number of H-pyrrole nitrogens is 1. The van der Waals surface area contributed by atoms with E-state index in [1.807, 2.05) is 13.0 Å². The molecule has 8 heteroatoms. The minimum atomic E-state index is -0.353. The third kappa shape index (κ3) is 3.50. The van der Waals surface area contributed by atoms with Gasteiger partial charge in [-0.1, -0.05) is 23.7 Å². The third-order valence-corrected chi connectivity index (χ3v) is 3.60. The fraction of sp³-hybridized carbons (Fsp3) is 0.333. The lowest BCUT2D eigenvalue weighted by molar-refractivity contribution is -0.121. The van der Waals surface area contributed by atoms with Gasteiger partial charge in [0.2, 0.25) is 11.8 Å². The van der Waals surface area contributed by atoms with Crippen molar-refractivity contribution < 1.29 is 9.32 Å². The second-order valence-electron chi connectivity index (χ2n) is 5.21. The first-order valence-electron chi connectivity index (χ1n) is 7.31. The SMILES string of the molecule is CCc1noc([C@H](C)NC(=O)Cc2nc3ccc(Cl)cc3[nH]2)n1.